The first kappa shape index (κ1) is 23.6. The molecule has 9 heteroatoms. The first-order chi connectivity index (χ1) is 17.4. The van der Waals surface area contributed by atoms with Gasteiger partial charge < -0.3 is 9.84 Å². The summed E-state index contributed by atoms with van der Waals surface area (Å²) in [6.45, 7) is 2.52. The highest BCUT2D eigenvalue weighted by Crippen LogP contribution is 2.44. The summed E-state index contributed by atoms with van der Waals surface area (Å²) < 4.78 is 33.4. The number of aliphatic hydroxyl groups is 1. The molecule has 182 valence electrons. The highest BCUT2D eigenvalue weighted by atomic mass is 32.1. The van der Waals surface area contributed by atoms with Crippen LogP contribution < -0.4 is 9.64 Å². The number of thiazole rings is 1. The zero-order chi connectivity index (χ0) is 25.4. The Morgan fingerprint density at radius 2 is 1.72 bits per heavy atom. The summed E-state index contributed by atoms with van der Waals surface area (Å²) >= 11 is 1.06. The molecule has 1 aliphatic heterocycles. The smallest absolute Gasteiger partial charge is 0.301 e. The van der Waals surface area contributed by atoms with Gasteiger partial charge in [0.05, 0.1) is 28.4 Å². The number of hydrogen-bond acceptors (Lipinski definition) is 6. The summed E-state index contributed by atoms with van der Waals surface area (Å²) in [4.78, 5) is 32.2. The van der Waals surface area contributed by atoms with E-state index in [4.69, 9.17) is 4.74 Å². The van der Waals surface area contributed by atoms with Crippen molar-refractivity contribution in [2.75, 3.05) is 11.5 Å². The van der Waals surface area contributed by atoms with E-state index in [0.717, 1.165) is 29.9 Å². The van der Waals surface area contributed by atoms with Crippen LogP contribution in [-0.2, 0) is 9.59 Å². The van der Waals surface area contributed by atoms with Crippen molar-refractivity contribution >= 4 is 44.1 Å². The van der Waals surface area contributed by atoms with E-state index >= 15 is 0 Å². The van der Waals surface area contributed by atoms with Crippen molar-refractivity contribution in [3.05, 3.63) is 95.1 Å². The number of ketones is 1. The molecule has 1 saturated heterocycles. The molecule has 1 fully saturated rings. The van der Waals surface area contributed by atoms with E-state index < -0.39 is 35.1 Å². The van der Waals surface area contributed by atoms with Crippen LogP contribution in [0.25, 0.3) is 16.0 Å². The number of aliphatic hydroxyl groups excluding tert-OH is 1. The van der Waals surface area contributed by atoms with Crippen LogP contribution in [-0.4, -0.2) is 28.4 Å². The van der Waals surface area contributed by atoms with E-state index in [1.54, 1.807) is 24.3 Å². The number of hydrogen-bond donors (Lipinski definition) is 1. The Morgan fingerprint density at radius 3 is 2.42 bits per heavy atom. The Bertz CT molecular complexity index is 1500. The molecule has 0 aliphatic carbocycles. The molecule has 36 heavy (non-hydrogen) atoms. The third kappa shape index (κ3) is 4.22. The van der Waals surface area contributed by atoms with E-state index in [1.165, 1.54) is 35.2 Å². The molecule has 1 amide bonds. The van der Waals surface area contributed by atoms with Gasteiger partial charge >= 0.3 is 5.91 Å². The zero-order valence-electron chi connectivity index (χ0n) is 19.1. The number of anilines is 1. The third-order valence-electron chi connectivity index (χ3n) is 5.78. The van der Waals surface area contributed by atoms with Crippen LogP contribution in [0.3, 0.4) is 0 Å². The molecule has 0 saturated carbocycles. The minimum atomic E-state index is -1.01. The molecule has 2 heterocycles. The number of ether oxygens (including phenoxy) is 1. The van der Waals surface area contributed by atoms with Crippen LogP contribution in [0.1, 0.15) is 30.5 Å². The third-order valence-corrected chi connectivity index (χ3v) is 6.79. The molecule has 1 N–H and O–H groups in total. The molecular weight excluding hydrogens is 486 g/mol. The molecule has 3 aromatic carbocycles. The second kappa shape index (κ2) is 9.50. The highest BCUT2D eigenvalue weighted by molar-refractivity contribution is 7.22. The fourth-order valence-electron chi connectivity index (χ4n) is 4.06. The molecule has 1 aliphatic rings. The Balaban J connectivity index is 1.67. The van der Waals surface area contributed by atoms with Crippen molar-refractivity contribution < 1.29 is 28.2 Å². The second-order valence-electron chi connectivity index (χ2n) is 8.20. The van der Waals surface area contributed by atoms with E-state index in [1.807, 2.05) is 6.92 Å². The number of amides is 1. The van der Waals surface area contributed by atoms with Gasteiger partial charge in [-0.15, -0.1) is 0 Å². The Labute approximate surface area is 209 Å². The maximum atomic E-state index is 13.8. The second-order valence-corrected chi connectivity index (χ2v) is 9.21. The summed E-state index contributed by atoms with van der Waals surface area (Å²) in [5.41, 5.74) is 1.04. The number of benzene rings is 3. The van der Waals surface area contributed by atoms with Crippen molar-refractivity contribution in [3.63, 3.8) is 0 Å². The van der Waals surface area contributed by atoms with E-state index in [2.05, 4.69) is 4.98 Å². The fourth-order valence-corrected chi connectivity index (χ4v) is 5.08. The molecule has 0 radical (unpaired) electrons. The molecule has 4 aromatic rings. The number of aromatic nitrogens is 1. The standard InChI is InChI=1S/C27H20F2N2O4S/c1-2-13-35-19-10-5-15(6-11-19)23-22(24(32)16-3-7-17(28)8-4-16)25(33)26(34)31(23)27-30-20-12-9-18(29)14-21(20)36-27/h3-12,14,23,32H,2,13H2,1H3/b24-22+/t23-/m1/s1. The summed E-state index contributed by atoms with van der Waals surface area (Å²) in [6.07, 6.45) is 0.831. The minimum Gasteiger partial charge on any atom is -0.507 e. The lowest BCUT2D eigenvalue weighted by Gasteiger charge is -2.23. The average molecular weight is 507 g/mol. The zero-order valence-corrected chi connectivity index (χ0v) is 19.9. The summed E-state index contributed by atoms with van der Waals surface area (Å²) in [5.74, 6) is -2.55. The number of fused-ring (bicyclic) bond motifs is 1. The van der Waals surface area contributed by atoms with Gasteiger partial charge in [-0.25, -0.2) is 13.8 Å². The number of rotatable bonds is 6. The van der Waals surface area contributed by atoms with E-state index in [-0.39, 0.29) is 16.3 Å². The van der Waals surface area contributed by atoms with Gasteiger partial charge in [-0.3, -0.25) is 14.5 Å². The van der Waals surface area contributed by atoms with E-state index in [9.17, 15) is 23.5 Å². The molecule has 5 rings (SSSR count). The van der Waals surface area contributed by atoms with Gasteiger partial charge in [0.1, 0.15) is 23.1 Å². The number of carbonyl (C=O) groups excluding carboxylic acids is 2. The molecule has 0 bridgehead atoms. The normalized spacial score (nSPS) is 17.2. The predicted octanol–water partition coefficient (Wildman–Crippen LogP) is 5.99. The summed E-state index contributed by atoms with van der Waals surface area (Å²) in [7, 11) is 0. The van der Waals surface area contributed by atoms with Crippen molar-refractivity contribution in [1.29, 1.82) is 0 Å². The molecular formula is C27H20F2N2O4S. The summed E-state index contributed by atoms with van der Waals surface area (Å²) in [6, 6.07) is 14.9. The molecule has 1 atom stereocenters. The first-order valence-corrected chi connectivity index (χ1v) is 12.0. The molecule has 0 unspecified atom stereocenters. The first-order valence-electron chi connectivity index (χ1n) is 11.2. The topological polar surface area (TPSA) is 79.7 Å². The van der Waals surface area contributed by atoms with Gasteiger partial charge in [0.2, 0.25) is 0 Å². The highest BCUT2D eigenvalue weighted by Gasteiger charge is 2.48. The Morgan fingerprint density at radius 1 is 1.03 bits per heavy atom. The van der Waals surface area contributed by atoms with Crippen LogP contribution in [0.2, 0.25) is 0 Å². The van der Waals surface area contributed by atoms with Gasteiger partial charge in [0.25, 0.3) is 5.78 Å². The van der Waals surface area contributed by atoms with Crippen LogP contribution in [0, 0.1) is 11.6 Å². The lowest BCUT2D eigenvalue weighted by molar-refractivity contribution is -0.132. The van der Waals surface area contributed by atoms with Crippen molar-refractivity contribution in [2.24, 2.45) is 0 Å². The number of halogens is 2. The predicted molar refractivity (Wildman–Crippen MR) is 133 cm³/mol. The van der Waals surface area contributed by atoms with Gasteiger partial charge in [-0.2, -0.15) is 0 Å². The van der Waals surface area contributed by atoms with Crippen molar-refractivity contribution in [1.82, 2.24) is 4.98 Å². The maximum absolute atomic E-state index is 13.8. The van der Waals surface area contributed by atoms with Crippen molar-refractivity contribution in [2.45, 2.75) is 19.4 Å². The minimum absolute atomic E-state index is 0.153. The molecule has 6 nitrogen and oxygen atoms in total. The number of Topliss-reactive ketones (excluding diaryl/α,β-unsaturated/α-hetero) is 1. The fraction of sp³-hybridized carbons (Fsp3) is 0.148. The lowest BCUT2D eigenvalue weighted by Crippen LogP contribution is -2.29. The van der Waals surface area contributed by atoms with Crippen LogP contribution in [0.5, 0.6) is 5.75 Å². The molecule has 1 aromatic heterocycles. The Kier molecular flexibility index (Phi) is 6.24. The van der Waals surface area contributed by atoms with Gasteiger partial charge in [0.15, 0.2) is 5.13 Å². The number of nitrogens with zero attached hydrogens (tertiary/aromatic N) is 2. The SMILES string of the molecule is CCCOc1ccc([C@@H]2/C(=C(\O)c3ccc(F)cc3)C(=O)C(=O)N2c2nc3ccc(F)cc3s2)cc1. The van der Waals surface area contributed by atoms with E-state index in [0.29, 0.717) is 28.1 Å². The van der Waals surface area contributed by atoms with Crippen LogP contribution in [0.4, 0.5) is 13.9 Å². The van der Waals surface area contributed by atoms with Gasteiger partial charge in [0, 0.05) is 5.56 Å². The number of carbonyl (C=O) groups is 2. The monoisotopic (exact) mass is 506 g/mol. The molecule has 0 spiro atoms. The maximum Gasteiger partial charge on any atom is 0.301 e. The largest absolute Gasteiger partial charge is 0.507 e. The summed E-state index contributed by atoms with van der Waals surface area (Å²) in [5, 5.41) is 11.3. The Hall–Kier alpha value is -4.11. The van der Waals surface area contributed by atoms with Crippen LogP contribution in [0.15, 0.2) is 72.3 Å². The van der Waals surface area contributed by atoms with Gasteiger partial charge in [-0.1, -0.05) is 30.4 Å². The quantitative estimate of drug-likeness (QED) is 0.197. The average Bonchev–Trinajstić information content (AvgIpc) is 3.40. The van der Waals surface area contributed by atoms with Gasteiger partial charge in [-0.05, 0) is 66.6 Å². The van der Waals surface area contributed by atoms with Crippen LogP contribution >= 0.6 is 11.3 Å². The van der Waals surface area contributed by atoms with Crippen molar-refractivity contribution in [3.8, 4) is 5.75 Å². The lowest BCUT2D eigenvalue weighted by atomic mass is 9.95.